The zero-order valence-corrected chi connectivity index (χ0v) is 12.1. The fraction of sp³-hybridized carbons (Fsp3) is 0.438. The van der Waals surface area contributed by atoms with E-state index in [0.717, 1.165) is 31.6 Å². The molecule has 1 fully saturated rings. The third-order valence-corrected chi connectivity index (χ3v) is 3.67. The third kappa shape index (κ3) is 4.86. The van der Waals surface area contributed by atoms with E-state index in [9.17, 15) is 9.18 Å². The highest BCUT2D eigenvalue weighted by Gasteiger charge is 2.24. The molecule has 1 aliphatic heterocycles. The van der Waals surface area contributed by atoms with Crippen LogP contribution in [0.25, 0.3) is 0 Å². The summed E-state index contributed by atoms with van der Waals surface area (Å²) in [6.07, 6.45) is 3.25. The summed E-state index contributed by atoms with van der Waals surface area (Å²) in [5.74, 6) is 1.04. The van der Waals surface area contributed by atoms with Gasteiger partial charge in [-0.3, -0.25) is 4.79 Å². The number of hydrogen-bond donors (Lipinski definition) is 2. The average molecular weight is 292 g/mol. The summed E-state index contributed by atoms with van der Waals surface area (Å²) in [6, 6.07) is 10.1. The van der Waals surface area contributed by atoms with Crippen LogP contribution in [0.2, 0.25) is 0 Å². The van der Waals surface area contributed by atoms with Gasteiger partial charge in [-0.25, -0.2) is 4.39 Å². The molecule has 2 aromatic rings. The highest BCUT2D eigenvalue weighted by atomic mass is 19.1. The molecule has 1 aliphatic rings. The first-order chi connectivity index (χ1) is 10.2. The van der Waals surface area contributed by atoms with Gasteiger partial charge in [-0.15, -0.1) is 0 Å². The zero-order valence-electron chi connectivity index (χ0n) is 12.1. The van der Waals surface area contributed by atoms with Crippen molar-refractivity contribution in [2.24, 2.45) is 0 Å². The Hall–Kier alpha value is -1.88. The van der Waals surface area contributed by atoms with Crippen molar-refractivity contribution in [1.29, 1.82) is 0 Å². The molecule has 1 aromatic carbocycles. The molecule has 1 saturated heterocycles. The number of benzene rings is 1. The topological polar surface area (TPSA) is 58.0 Å². The van der Waals surface area contributed by atoms with E-state index < -0.39 is 0 Å². The Balaban J connectivity index is 0.000000194. The lowest BCUT2D eigenvalue weighted by atomic mass is 9.89. The fourth-order valence-corrected chi connectivity index (χ4v) is 2.49. The normalized spacial score (nSPS) is 21.4. The molecule has 1 aromatic heterocycles. The van der Waals surface area contributed by atoms with Crippen LogP contribution in [0.15, 0.2) is 45.7 Å². The first kappa shape index (κ1) is 15.5. The summed E-state index contributed by atoms with van der Waals surface area (Å²) in [4.78, 5) is 10.9. The number of halogens is 1. The predicted octanol–water partition coefficient (Wildman–Crippen LogP) is 3.04. The lowest BCUT2D eigenvalue weighted by Gasteiger charge is -2.27. The standard InChI is InChI=1S/C10H16N2O2.C6H5F/c1-2-8-5-7(3-4-11-8)9-6-10(13)12-14-9;7-6-4-2-1-3-5-6/h6-8,11H,2-5H2,1H3,(H,12,13);1-5H. The van der Waals surface area contributed by atoms with Crippen LogP contribution in [0, 0.1) is 5.82 Å². The molecule has 5 heteroatoms. The maximum absolute atomic E-state index is 11.9. The molecule has 2 heterocycles. The molecule has 3 rings (SSSR count). The summed E-state index contributed by atoms with van der Waals surface area (Å²) in [5.41, 5.74) is -0.133. The van der Waals surface area contributed by atoms with Gasteiger partial charge < -0.3 is 9.84 Å². The van der Waals surface area contributed by atoms with E-state index in [4.69, 9.17) is 4.52 Å². The van der Waals surface area contributed by atoms with E-state index in [1.165, 1.54) is 12.1 Å². The van der Waals surface area contributed by atoms with E-state index >= 15 is 0 Å². The van der Waals surface area contributed by atoms with Gasteiger partial charge in [0.25, 0.3) is 5.56 Å². The highest BCUT2D eigenvalue weighted by Crippen LogP contribution is 2.27. The zero-order chi connectivity index (χ0) is 15.1. The quantitative estimate of drug-likeness (QED) is 0.894. The van der Waals surface area contributed by atoms with Crippen LogP contribution in [-0.2, 0) is 0 Å². The third-order valence-electron chi connectivity index (χ3n) is 3.67. The Bertz CT molecular complexity index is 579. The number of piperidine rings is 1. The van der Waals surface area contributed by atoms with Gasteiger partial charge in [0.2, 0.25) is 0 Å². The minimum Gasteiger partial charge on any atom is -0.383 e. The molecule has 2 atom stereocenters. The molecule has 0 spiro atoms. The summed E-state index contributed by atoms with van der Waals surface area (Å²) >= 11 is 0. The van der Waals surface area contributed by atoms with Crippen molar-refractivity contribution >= 4 is 0 Å². The Morgan fingerprint density at radius 2 is 2.10 bits per heavy atom. The number of nitrogens with one attached hydrogen (secondary N) is 2. The van der Waals surface area contributed by atoms with E-state index in [1.54, 1.807) is 24.3 Å². The minimum absolute atomic E-state index is 0.133. The molecular weight excluding hydrogens is 271 g/mol. The summed E-state index contributed by atoms with van der Waals surface area (Å²) in [7, 11) is 0. The van der Waals surface area contributed by atoms with Crippen molar-refractivity contribution in [2.45, 2.75) is 38.1 Å². The number of rotatable bonds is 2. The number of H-pyrrole nitrogens is 1. The summed E-state index contributed by atoms with van der Waals surface area (Å²) in [5, 5.41) is 5.79. The van der Waals surface area contributed by atoms with Crippen molar-refractivity contribution in [3.05, 3.63) is 58.3 Å². The molecule has 0 saturated carbocycles. The maximum atomic E-state index is 11.9. The molecule has 0 aliphatic carbocycles. The fourth-order valence-electron chi connectivity index (χ4n) is 2.49. The van der Waals surface area contributed by atoms with E-state index in [-0.39, 0.29) is 11.4 Å². The van der Waals surface area contributed by atoms with Crippen LogP contribution in [0.3, 0.4) is 0 Å². The van der Waals surface area contributed by atoms with Crippen LogP contribution in [0.4, 0.5) is 4.39 Å². The molecule has 0 bridgehead atoms. The van der Waals surface area contributed by atoms with Gasteiger partial charge >= 0.3 is 0 Å². The van der Waals surface area contributed by atoms with Crippen molar-refractivity contribution in [3.8, 4) is 0 Å². The van der Waals surface area contributed by atoms with Crippen LogP contribution < -0.4 is 10.9 Å². The van der Waals surface area contributed by atoms with E-state index in [0.29, 0.717) is 12.0 Å². The Morgan fingerprint density at radius 3 is 2.62 bits per heavy atom. The summed E-state index contributed by atoms with van der Waals surface area (Å²) < 4.78 is 17.0. The smallest absolute Gasteiger partial charge is 0.280 e. The lowest BCUT2D eigenvalue weighted by molar-refractivity contribution is 0.290. The van der Waals surface area contributed by atoms with Crippen molar-refractivity contribution < 1.29 is 8.91 Å². The molecule has 2 N–H and O–H groups in total. The SMILES string of the molecule is CCC1CC(c2cc(=O)[nH]o2)CCN1.Fc1ccccc1. The molecule has 0 amide bonds. The number of hydrogen-bond acceptors (Lipinski definition) is 3. The maximum Gasteiger partial charge on any atom is 0.280 e. The Morgan fingerprint density at radius 1 is 1.33 bits per heavy atom. The van der Waals surface area contributed by atoms with Crippen molar-refractivity contribution in [1.82, 2.24) is 10.5 Å². The van der Waals surface area contributed by atoms with Gasteiger partial charge in [0.1, 0.15) is 11.6 Å². The van der Waals surface area contributed by atoms with Gasteiger partial charge in [-0.05, 0) is 37.9 Å². The second-order valence-electron chi connectivity index (χ2n) is 5.19. The van der Waals surface area contributed by atoms with Crippen molar-refractivity contribution in [3.63, 3.8) is 0 Å². The summed E-state index contributed by atoms with van der Waals surface area (Å²) in [6.45, 7) is 3.19. The molecule has 114 valence electrons. The van der Waals surface area contributed by atoms with Crippen LogP contribution >= 0.6 is 0 Å². The molecule has 0 radical (unpaired) electrons. The monoisotopic (exact) mass is 292 g/mol. The largest absolute Gasteiger partial charge is 0.383 e. The molecular formula is C16H21FN2O2. The second kappa shape index (κ2) is 7.78. The first-order valence-corrected chi connectivity index (χ1v) is 7.31. The minimum atomic E-state index is -0.178. The van der Waals surface area contributed by atoms with Crippen LogP contribution in [0.5, 0.6) is 0 Å². The Labute approximate surface area is 123 Å². The van der Waals surface area contributed by atoms with E-state index in [2.05, 4.69) is 17.4 Å². The predicted molar refractivity (Wildman–Crippen MR) is 79.8 cm³/mol. The Kier molecular flexibility index (Phi) is 5.75. The number of aromatic nitrogens is 1. The molecule has 4 nitrogen and oxygen atoms in total. The van der Waals surface area contributed by atoms with Crippen molar-refractivity contribution in [2.75, 3.05) is 6.54 Å². The molecule has 2 unspecified atom stereocenters. The highest BCUT2D eigenvalue weighted by molar-refractivity contribution is 5.04. The lowest BCUT2D eigenvalue weighted by Crippen LogP contribution is -2.36. The first-order valence-electron chi connectivity index (χ1n) is 7.31. The van der Waals surface area contributed by atoms with Gasteiger partial charge in [0.05, 0.1) is 0 Å². The second-order valence-corrected chi connectivity index (χ2v) is 5.19. The number of aromatic amines is 1. The average Bonchev–Trinajstić information content (AvgIpc) is 2.95. The van der Waals surface area contributed by atoms with Gasteiger partial charge in [0.15, 0.2) is 0 Å². The van der Waals surface area contributed by atoms with Gasteiger partial charge in [0, 0.05) is 18.0 Å². The van der Waals surface area contributed by atoms with Crippen LogP contribution in [0.1, 0.15) is 37.9 Å². The van der Waals surface area contributed by atoms with E-state index in [1.807, 2.05) is 0 Å². The van der Waals surface area contributed by atoms with Gasteiger partial charge in [-0.2, -0.15) is 5.16 Å². The van der Waals surface area contributed by atoms with Gasteiger partial charge in [-0.1, -0.05) is 25.1 Å². The van der Waals surface area contributed by atoms with Crippen LogP contribution in [-0.4, -0.2) is 17.7 Å². The molecule has 21 heavy (non-hydrogen) atoms.